The lowest BCUT2D eigenvalue weighted by Gasteiger charge is -2.59. The lowest BCUT2D eigenvalue weighted by molar-refractivity contribution is -0.0938. The highest BCUT2D eigenvalue weighted by Gasteiger charge is 2.58. The molecule has 0 radical (unpaired) electrons. The first-order valence-corrected chi connectivity index (χ1v) is 12.7. The molecule has 0 saturated heterocycles. The summed E-state index contributed by atoms with van der Waals surface area (Å²) in [5.41, 5.74) is 12.5. The quantitative estimate of drug-likeness (QED) is 0.177. The van der Waals surface area contributed by atoms with Gasteiger partial charge in [-0.25, -0.2) is 4.39 Å². The van der Waals surface area contributed by atoms with Crippen molar-refractivity contribution in [2.45, 2.75) is 56.3 Å². The molecule has 2 amide bonds. The van der Waals surface area contributed by atoms with Crippen LogP contribution in [0.5, 0.6) is 0 Å². The molecule has 7 rings (SSSR count). The van der Waals surface area contributed by atoms with Crippen molar-refractivity contribution in [3.63, 3.8) is 0 Å². The van der Waals surface area contributed by atoms with Crippen molar-refractivity contribution in [2.24, 2.45) is 28.5 Å². The third-order valence-electron chi connectivity index (χ3n) is 8.49. The van der Waals surface area contributed by atoms with Gasteiger partial charge in [0, 0.05) is 40.5 Å². The molecule has 1 heterocycles. The Hall–Kier alpha value is -3.88. The van der Waals surface area contributed by atoms with E-state index in [4.69, 9.17) is 16.7 Å². The van der Waals surface area contributed by atoms with Gasteiger partial charge in [0.05, 0.1) is 0 Å². The molecule has 0 spiro atoms. The maximum Gasteiger partial charge on any atom is 0.268 e. The number of hydrogen-bond acceptors (Lipinski definition) is 4. The lowest BCUT2D eigenvalue weighted by Crippen LogP contribution is -2.64. The lowest BCUT2D eigenvalue weighted by atomic mass is 9.51. The highest BCUT2D eigenvalue weighted by molar-refractivity contribution is 6.03. The number of nitrogens with two attached hydrogens (primary N) is 2. The zero-order valence-electron chi connectivity index (χ0n) is 20.4. The normalized spacial score (nSPS) is 28.5. The summed E-state index contributed by atoms with van der Waals surface area (Å²) in [4.78, 5) is 25.3. The van der Waals surface area contributed by atoms with Crippen LogP contribution in [0.25, 0.3) is 10.9 Å². The topological polar surface area (TPSA) is 136 Å². The molecule has 3 aromatic rings. The van der Waals surface area contributed by atoms with Crippen molar-refractivity contribution in [2.75, 3.05) is 0 Å². The first-order chi connectivity index (χ1) is 17.7. The summed E-state index contributed by atoms with van der Waals surface area (Å²) >= 11 is 0. The molecule has 2 unspecified atom stereocenters. The van der Waals surface area contributed by atoms with Crippen LogP contribution in [0.2, 0.25) is 0 Å². The summed E-state index contributed by atoms with van der Waals surface area (Å²) in [6.07, 6.45) is 4.30. The minimum atomic E-state index is -1.18. The molecule has 6 N–H and O–H groups in total. The fraction of sp³-hybridized carbons (Fsp3) is 0.393. The number of halogens is 1. The summed E-state index contributed by atoms with van der Waals surface area (Å²) < 4.78 is 17.4. The third kappa shape index (κ3) is 4.12. The van der Waals surface area contributed by atoms with Crippen LogP contribution in [0.3, 0.4) is 0 Å². The Morgan fingerprint density at radius 1 is 1.03 bits per heavy atom. The molecule has 1 aromatic heterocycles. The minimum absolute atomic E-state index is 0.0340. The van der Waals surface area contributed by atoms with E-state index in [0.29, 0.717) is 54.5 Å². The second kappa shape index (κ2) is 8.33. The Bertz CT molecular complexity index is 1430. The summed E-state index contributed by atoms with van der Waals surface area (Å²) in [7, 11) is 0. The van der Waals surface area contributed by atoms with E-state index >= 15 is 4.39 Å². The highest BCUT2D eigenvalue weighted by atomic mass is 19.1. The second-order valence-electron chi connectivity index (χ2n) is 11.3. The summed E-state index contributed by atoms with van der Waals surface area (Å²) in [6, 6.07) is 14.1. The van der Waals surface area contributed by atoms with Crippen LogP contribution in [-0.4, -0.2) is 38.6 Å². The molecule has 192 valence electrons. The van der Waals surface area contributed by atoms with Crippen molar-refractivity contribution < 1.29 is 19.2 Å². The van der Waals surface area contributed by atoms with Gasteiger partial charge in [-0.2, -0.15) is 0 Å². The van der Waals surface area contributed by atoms with Crippen LogP contribution >= 0.6 is 0 Å². The molecular weight excluding hydrogens is 473 g/mol. The summed E-state index contributed by atoms with van der Waals surface area (Å²) in [6.45, 7) is 0.343. The predicted octanol–water partition coefficient (Wildman–Crippen LogP) is 3.67. The van der Waals surface area contributed by atoms with E-state index in [1.807, 2.05) is 16.7 Å². The number of oxime groups is 1. The number of nitrogens with one attached hydrogen (secondary N) is 1. The molecule has 0 aliphatic heterocycles. The number of rotatable bonds is 6. The van der Waals surface area contributed by atoms with Crippen LogP contribution in [0.15, 0.2) is 53.7 Å². The number of carbonyl (C=O) groups is 2. The minimum Gasteiger partial charge on any atom is -0.409 e. The SMILES string of the molecule is NC(=O)c1ccc(Cn2c(C(=O)NC34CC5CC(CC(F)(C5)C3)C4)cc3ccc(C(N)=NO)cc32)cc1. The Kier molecular flexibility index (Phi) is 5.29. The largest absolute Gasteiger partial charge is 0.409 e. The van der Waals surface area contributed by atoms with E-state index in [9.17, 15) is 9.59 Å². The first kappa shape index (κ1) is 23.5. The molecule has 4 bridgehead atoms. The van der Waals surface area contributed by atoms with Gasteiger partial charge in [-0.3, -0.25) is 9.59 Å². The number of benzene rings is 2. The van der Waals surface area contributed by atoms with E-state index in [-0.39, 0.29) is 11.7 Å². The number of nitrogens with zero attached hydrogens (tertiary/aromatic N) is 2. The number of carbonyl (C=O) groups excluding carboxylic acids is 2. The van der Waals surface area contributed by atoms with Gasteiger partial charge in [0.25, 0.3) is 5.91 Å². The number of fused-ring (bicyclic) bond motifs is 1. The van der Waals surface area contributed by atoms with Crippen molar-refractivity contribution in [1.29, 1.82) is 0 Å². The molecule has 4 fully saturated rings. The smallest absolute Gasteiger partial charge is 0.268 e. The fourth-order valence-corrected chi connectivity index (χ4v) is 7.39. The molecule has 4 saturated carbocycles. The van der Waals surface area contributed by atoms with Gasteiger partial charge in [-0.15, -0.1) is 0 Å². The van der Waals surface area contributed by atoms with Crippen LogP contribution in [0.1, 0.15) is 70.5 Å². The van der Waals surface area contributed by atoms with Crippen molar-refractivity contribution in [1.82, 2.24) is 9.88 Å². The van der Waals surface area contributed by atoms with Gasteiger partial charge in [0.15, 0.2) is 5.84 Å². The van der Waals surface area contributed by atoms with E-state index in [0.717, 1.165) is 35.7 Å². The molecule has 4 aliphatic rings. The van der Waals surface area contributed by atoms with E-state index in [1.165, 1.54) is 0 Å². The number of hydrogen-bond donors (Lipinski definition) is 4. The highest BCUT2D eigenvalue weighted by Crippen LogP contribution is 2.59. The van der Waals surface area contributed by atoms with Crippen LogP contribution in [0, 0.1) is 11.8 Å². The van der Waals surface area contributed by atoms with Gasteiger partial charge in [-0.1, -0.05) is 29.4 Å². The summed E-state index contributed by atoms with van der Waals surface area (Å²) in [5.74, 6) is -0.134. The molecule has 9 heteroatoms. The molecule has 4 aliphatic carbocycles. The molecule has 2 aromatic carbocycles. The van der Waals surface area contributed by atoms with Crippen molar-refractivity contribution in [3.8, 4) is 0 Å². The van der Waals surface area contributed by atoms with Crippen LogP contribution in [-0.2, 0) is 6.54 Å². The Labute approximate surface area is 213 Å². The maximum absolute atomic E-state index is 15.5. The molecular formula is C28H30FN5O3. The van der Waals surface area contributed by atoms with Crippen molar-refractivity contribution >= 4 is 28.6 Å². The number of primary amides is 1. The van der Waals surface area contributed by atoms with Gasteiger partial charge < -0.3 is 26.6 Å². The van der Waals surface area contributed by atoms with Gasteiger partial charge in [0.1, 0.15) is 11.4 Å². The Balaban J connectivity index is 1.38. The standard InChI is InChI=1S/C28H30FN5O3/c29-27-10-17-7-18(11-27)13-28(12-17,15-27)32-26(36)23-8-20-5-6-21(24(30)33-37)9-22(20)34(23)14-16-1-3-19(4-2-16)25(31)35/h1-6,8-9,17-18,37H,7,10-15H2,(H2,30,33)(H2,31,35)(H,32,36). The maximum atomic E-state index is 15.5. The molecule has 2 atom stereocenters. The average molecular weight is 504 g/mol. The van der Waals surface area contributed by atoms with E-state index < -0.39 is 17.1 Å². The monoisotopic (exact) mass is 503 g/mol. The second-order valence-corrected chi connectivity index (χ2v) is 11.3. The molecule has 8 nitrogen and oxygen atoms in total. The summed E-state index contributed by atoms with van der Waals surface area (Å²) in [5, 5.41) is 16.4. The van der Waals surface area contributed by atoms with Crippen LogP contribution in [0.4, 0.5) is 4.39 Å². The zero-order chi connectivity index (χ0) is 25.9. The van der Waals surface area contributed by atoms with Gasteiger partial charge in [0.2, 0.25) is 5.91 Å². The Morgan fingerprint density at radius 3 is 2.32 bits per heavy atom. The predicted molar refractivity (Wildman–Crippen MR) is 137 cm³/mol. The number of amides is 2. The van der Waals surface area contributed by atoms with E-state index in [2.05, 4.69) is 10.5 Å². The fourth-order valence-electron chi connectivity index (χ4n) is 7.39. The molecule has 37 heavy (non-hydrogen) atoms. The number of amidine groups is 1. The van der Waals surface area contributed by atoms with E-state index in [1.54, 1.807) is 36.4 Å². The van der Waals surface area contributed by atoms with Gasteiger partial charge in [-0.05, 0) is 73.8 Å². The first-order valence-electron chi connectivity index (χ1n) is 12.7. The third-order valence-corrected chi connectivity index (χ3v) is 8.49. The zero-order valence-corrected chi connectivity index (χ0v) is 20.4. The van der Waals surface area contributed by atoms with Crippen LogP contribution < -0.4 is 16.8 Å². The Morgan fingerprint density at radius 2 is 1.70 bits per heavy atom. The number of alkyl halides is 1. The average Bonchev–Trinajstić information content (AvgIpc) is 3.19. The number of aromatic nitrogens is 1. The van der Waals surface area contributed by atoms with Crippen molar-refractivity contribution in [3.05, 3.63) is 70.9 Å². The van der Waals surface area contributed by atoms with Gasteiger partial charge >= 0.3 is 0 Å².